The molecule has 0 spiro atoms. The van der Waals surface area contributed by atoms with Gasteiger partial charge in [0.2, 0.25) is 11.9 Å². The minimum atomic E-state index is -1.25. The highest BCUT2D eigenvalue weighted by molar-refractivity contribution is 5.91. The van der Waals surface area contributed by atoms with E-state index in [9.17, 15) is 19.8 Å². The maximum Gasteiger partial charge on any atom is 0.280 e. The second kappa shape index (κ2) is 6.09. The van der Waals surface area contributed by atoms with Crippen LogP contribution in [-0.2, 0) is 14.3 Å². The van der Waals surface area contributed by atoms with Crippen molar-refractivity contribution in [3.05, 3.63) is 16.7 Å². The zero-order chi connectivity index (χ0) is 19.5. The number of amides is 1. The summed E-state index contributed by atoms with van der Waals surface area (Å²) in [6, 6.07) is 0. The van der Waals surface area contributed by atoms with Gasteiger partial charge in [-0.25, -0.2) is 4.98 Å². The molecule has 11 nitrogen and oxygen atoms in total. The third-order valence-corrected chi connectivity index (χ3v) is 5.20. The van der Waals surface area contributed by atoms with E-state index < -0.39 is 42.3 Å². The van der Waals surface area contributed by atoms with Crippen LogP contribution in [0.15, 0.2) is 11.1 Å². The van der Waals surface area contributed by atoms with E-state index in [0.29, 0.717) is 0 Å². The monoisotopic (exact) mass is 379 g/mol. The number of carbonyl (C=O) groups is 1. The smallest absolute Gasteiger partial charge is 0.280 e. The topological polar surface area (TPSA) is 152 Å². The van der Waals surface area contributed by atoms with Crippen LogP contribution in [0.1, 0.15) is 27.0 Å². The number of hydrogen-bond donors (Lipinski definition) is 4. The van der Waals surface area contributed by atoms with Gasteiger partial charge in [-0.05, 0) is 6.92 Å². The van der Waals surface area contributed by atoms with Crippen LogP contribution < -0.4 is 10.9 Å². The van der Waals surface area contributed by atoms with Gasteiger partial charge < -0.3 is 19.7 Å². The molecule has 2 aliphatic rings. The predicted octanol–water partition coefficient (Wildman–Crippen LogP) is -0.878. The molecule has 2 saturated heterocycles. The number of anilines is 1. The van der Waals surface area contributed by atoms with Crippen LogP contribution in [-0.4, -0.2) is 66.2 Å². The molecule has 2 bridgehead atoms. The summed E-state index contributed by atoms with van der Waals surface area (Å²) in [6.07, 6.45) is -1.75. The summed E-state index contributed by atoms with van der Waals surface area (Å²) in [5.41, 5.74) is -1.54. The van der Waals surface area contributed by atoms with Gasteiger partial charge in [0.1, 0.15) is 17.8 Å². The molecule has 4 N–H and O–H groups in total. The number of aliphatic hydroxyl groups is 2. The zero-order valence-corrected chi connectivity index (χ0v) is 15.0. The van der Waals surface area contributed by atoms with E-state index in [2.05, 4.69) is 20.3 Å². The average molecular weight is 379 g/mol. The highest BCUT2D eigenvalue weighted by Crippen LogP contribution is 2.48. The van der Waals surface area contributed by atoms with Crippen molar-refractivity contribution in [1.29, 1.82) is 0 Å². The second-order valence-electron chi connectivity index (χ2n) is 7.19. The van der Waals surface area contributed by atoms with E-state index in [1.165, 1.54) is 10.9 Å². The van der Waals surface area contributed by atoms with E-state index in [4.69, 9.17) is 9.47 Å². The molecule has 0 radical (unpaired) electrons. The first-order chi connectivity index (χ1) is 12.8. The van der Waals surface area contributed by atoms with Crippen LogP contribution in [0.4, 0.5) is 5.95 Å². The maximum absolute atomic E-state index is 12.3. The molecular formula is C16H21N5O6. The number of aromatic nitrogens is 4. The average Bonchev–Trinajstić information content (AvgIpc) is 3.23. The number of rotatable bonds is 4. The third-order valence-electron chi connectivity index (χ3n) is 5.20. The van der Waals surface area contributed by atoms with Gasteiger partial charge in [0.15, 0.2) is 17.4 Å². The fraction of sp³-hybridized carbons (Fsp3) is 0.625. The zero-order valence-electron chi connectivity index (χ0n) is 15.0. The summed E-state index contributed by atoms with van der Waals surface area (Å²) >= 11 is 0. The molecule has 1 amide bonds. The van der Waals surface area contributed by atoms with Crippen LogP contribution in [0, 0.1) is 5.92 Å². The molecule has 0 aliphatic carbocycles. The van der Waals surface area contributed by atoms with Gasteiger partial charge in [-0.3, -0.25) is 24.5 Å². The van der Waals surface area contributed by atoms with E-state index in [0.717, 1.165) is 0 Å². The maximum atomic E-state index is 12.3. The Morgan fingerprint density at radius 2 is 2.26 bits per heavy atom. The van der Waals surface area contributed by atoms with E-state index >= 15 is 0 Å². The summed E-state index contributed by atoms with van der Waals surface area (Å²) in [4.78, 5) is 35.0. The largest absolute Gasteiger partial charge is 0.393 e. The van der Waals surface area contributed by atoms with Crippen molar-refractivity contribution >= 4 is 23.0 Å². The number of ether oxygens (including phenoxy) is 2. The van der Waals surface area contributed by atoms with Crippen molar-refractivity contribution in [3.8, 4) is 0 Å². The molecule has 2 fully saturated rings. The van der Waals surface area contributed by atoms with Gasteiger partial charge in [0.05, 0.1) is 19.0 Å². The van der Waals surface area contributed by atoms with Gasteiger partial charge >= 0.3 is 0 Å². The Morgan fingerprint density at radius 1 is 1.52 bits per heavy atom. The van der Waals surface area contributed by atoms with Crippen LogP contribution in [0.2, 0.25) is 0 Å². The molecule has 27 heavy (non-hydrogen) atoms. The Balaban J connectivity index is 1.75. The Hall–Kier alpha value is -2.34. The normalized spacial score (nSPS) is 32.5. The standard InChI is InChI=1S/C16H21N5O6/c1-6(2)12(24)19-15-18-11-8(13(25)20-15)17-5-21(11)14-9-10(23)16(4-22,27-14)7(3)26-9/h5-7,9-10,14,22-23H,4H2,1-3H3,(H2,18,19,20,24,25)/t7-,9+,10-,14+,16-/m0/s1. The number of aromatic amines is 1. The van der Waals surface area contributed by atoms with E-state index in [1.54, 1.807) is 20.8 Å². The second-order valence-corrected chi connectivity index (χ2v) is 7.19. The van der Waals surface area contributed by atoms with Gasteiger partial charge in [0.25, 0.3) is 5.56 Å². The lowest BCUT2D eigenvalue weighted by Crippen LogP contribution is -2.49. The van der Waals surface area contributed by atoms with Crippen LogP contribution in [0.5, 0.6) is 0 Å². The number of aliphatic hydroxyl groups excluding tert-OH is 2. The Labute approximate surface area is 153 Å². The molecule has 4 rings (SSSR count). The Bertz CT molecular complexity index is 954. The number of hydrogen-bond acceptors (Lipinski definition) is 8. The molecular weight excluding hydrogens is 358 g/mol. The number of nitrogens with zero attached hydrogens (tertiary/aromatic N) is 3. The molecule has 2 aromatic heterocycles. The number of fused-ring (bicyclic) bond motifs is 3. The quantitative estimate of drug-likeness (QED) is 0.535. The van der Waals surface area contributed by atoms with E-state index in [1.807, 2.05) is 0 Å². The Kier molecular flexibility index (Phi) is 4.07. The molecule has 0 unspecified atom stereocenters. The van der Waals surface area contributed by atoms with Crippen molar-refractivity contribution in [2.75, 3.05) is 11.9 Å². The third kappa shape index (κ3) is 2.50. The molecule has 11 heteroatoms. The molecule has 0 aromatic carbocycles. The fourth-order valence-corrected chi connectivity index (χ4v) is 3.53. The van der Waals surface area contributed by atoms with Gasteiger partial charge in [-0.15, -0.1) is 0 Å². The fourth-order valence-electron chi connectivity index (χ4n) is 3.53. The van der Waals surface area contributed by atoms with Crippen molar-refractivity contribution in [3.63, 3.8) is 0 Å². The minimum Gasteiger partial charge on any atom is -0.393 e. The van der Waals surface area contributed by atoms with Crippen molar-refractivity contribution < 1.29 is 24.5 Å². The summed E-state index contributed by atoms with van der Waals surface area (Å²) in [5, 5.41) is 22.8. The SMILES string of the molecule is CC(C)C(=O)Nc1nc2c(ncn2[C@@H]2O[C@@]3(CO)[C@H](C)O[C@@H]2[C@@H]3O)c(=O)[nH]1. The minimum absolute atomic E-state index is 0.0113. The Morgan fingerprint density at radius 3 is 2.89 bits per heavy atom. The molecule has 5 atom stereocenters. The molecule has 0 saturated carbocycles. The lowest BCUT2D eigenvalue weighted by atomic mass is 9.95. The first kappa shape index (κ1) is 18.0. The molecule has 2 aliphatic heterocycles. The highest BCUT2D eigenvalue weighted by Gasteiger charge is 2.65. The summed E-state index contributed by atoms with van der Waals surface area (Å²) < 4.78 is 13.1. The van der Waals surface area contributed by atoms with Crippen molar-refractivity contribution in [1.82, 2.24) is 19.5 Å². The lowest BCUT2D eigenvalue weighted by molar-refractivity contribution is -0.216. The summed E-state index contributed by atoms with van der Waals surface area (Å²) in [5.74, 6) is -0.603. The number of nitrogens with one attached hydrogen (secondary N) is 2. The first-order valence-corrected chi connectivity index (χ1v) is 8.68. The van der Waals surface area contributed by atoms with Gasteiger partial charge in [-0.2, -0.15) is 4.98 Å². The van der Waals surface area contributed by atoms with Crippen molar-refractivity contribution in [2.24, 2.45) is 5.92 Å². The molecule has 4 heterocycles. The predicted molar refractivity (Wildman–Crippen MR) is 91.9 cm³/mol. The van der Waals surface area contributed by atoms with E-state index in [-0.39, 0.29) is 28.9 Å². The van der Waals surface area contributed by atoms with Gasteiger partial charge in [0, 0.05) is 5.92 Å². The molecule has 146 valence electrons. The lowest BCUT2D eigenvalue weighted by Gasteiger charge is -2.34. The highest BCUT2D eigenvalue weighted by atomic mass is 16.7. The summed E-state index contributed by atoms with van der Waals surface area (Å²) in [6.45, 7) is 4.73. The van der Waals surface area contributed by atoms with Crippen molar-refractivity contribution in [2.45, 2.75) is 50.9 Å². The molecule has 2 aromatic rings. The van der Waals surface area contributed by atoms with Crippen LogP contribution >= 0.6 is 0 Å². The number of carbonyl (C=O) groups excluding carboxylic acids is 1. The summed E-state index contributed by atoms with van der Waals surface area (Å²) in [7, 11) is 0. The van der Waals surface area contributed by atoms with Crippen LogP contribution in [0.25, 0.3) is 11.2 Å². The van der Waals surface area contributed by atoms with Crippen LogP contribution in [0.3, 0.4) is 0 Å². The first-order valence-electron chi connectivity index (χ1n) is 8.68. The number of imidazole rings is 1. The van der Waals surface area contributed by atoms with Gasteiger partial charge in [-0.1, -0.05) is 13.8 Å². The number of H-pyrrole nitrogens is 1.